The van der Waals surface area contributed by atoms with E-state index < -0.39 is 6.04 Å². The van der Waals surface area contributed by atoms with Crippen molar-refractivity contribution < 1.29 is 23.9 Å². The lowest BCUT2D eigenvalue weighted by Crippen LogP contribution is -2.50. The van der Waals surface area contributed by atoms with Gasteiger partial charge in [0.15, 0.2) is 0 Å². The van der Waals surface area contributed by atoms with Gasteiger partial charge < -0.3 is 19.7 Å². The van der Waals surface area contributed by atoms with Crippen LogP contribution in [0.4, 0.5) is 10.5 Å². The standard InChI is InChI=1S/C18H23N3O5S/c1-25-13-7-12(8-14(9-13)26-2)21-17(23)15-6-11(19-16(22)10-27-3)4-5-20(15)18(21)24/h7-9,11,15H,4-6,10H2,1-3H3,(H,19,22). The molecule has 27 heavy (non-hydrogen) atoms. The fourth-order valence-corrected chi connectivity index (χ4v) is 3.84. The third-order valence-electron chi connectivity index (χ3n) is 4.78. The van der Waals surface area contributed by atoms with Gasteiger partial charge in [-0.25, -0.2) is 9.69 Å². The second kappa shape index (κ2) is 8.08. The minimum Gasteiger partial charge on any atom is -0.497 e. The van der Waals surface area contributed by atoms with E-state index in [2.05, 4.69) is 5.32 Å². The first kappa shape index (κ1) is 19.3. The lowest BCUT2D eigenvalue weighted by atomic mass is 9.98. The molecule has 2 aliphatic heterocycles. The molecule has 1 aromatic carbocycles. The number of carbonyl (C=O) groups excluding carboxylic acids is 3. The van der Waals surface area contributed by atoms with E-state index in [9.17, 15) is 14.4 Å². The lowest BCUT2D eigenvalue weighted by molar-refractivity contribution is -0.123. The summed E-state index contributed by atoms with van der Waals surface area (Å²) in [7, 11) is 3.02. The Morgan fingerprint density at radius 3 is 2.48 bits per heavy atom. The quantitative estimate of drug-likeness (QED) is 0.737. The van der Waals surface area contributed by atoms with Gasteiger partial charge in [-0.1, -0.05) is 0 Å². The van der Waals surface area contributed by atoms with E-state index in [4.69, 9.17) is 9.47 Å². The molecule has 1 aromatic rings. The van der Waals surface area contributed by atoms with E-state index in [1.165, 1.54) is 30.9 Å². The largest absolute Gasteiger partial charge is 0.497 e. The Balaban J connectivity index is 1.80. The van der Waals surface area contributed by atoms with Gasteiger partial charge in [0.05, 0.1) is 25.7 Å². The van der Waals surface area contributed by atoms with Gasteiger partial charge in [-0.2, -0.15) is 11.8 Å². The van der Waals surface area contributed by atoms with Crippen LogP contribution in [0.15, 0.2) is 18.2 Å². The molecule has 0 radical (unpaired) electrons. The number of hydrogen-bond acceptors (Lipinski definition) is 6. The highest BCUT2D eigenvalue weighted by Gasteiger charge is 2.48. The van der Waals surface area contributed by atoms with Gasteiger partial charge in [0.1, 0.15) is 17.5 Å². The summed E-state index contributed by atoms with van der Waals surface area (Å²) in [4.78, 5) is 40.4. The maximum Gasteiger partial charge on any atom is 0.332 e. The minimum atomic E-state index is -0.567. The molecule has 9 heteroatoms. The molecule has 8 nitrogen and oxygen atoms in total. The van der Waals surface area contributed by atoms with Crippen LogP contribution in [-0.2, 0) is 9.59 Å². The van der Waals surface area contributed by atoms with Gasteiger partial charge in [-0.3, -0.25) is 9.59 Å². The van der Waals surface area contributed by atoms with Crippen LogP contribution in [0.5, 0.6) is 11.5 Å². The van der Waals surface area contributed by atoms with Gasteiger partial charge in [0.2, 0.25) is 5.91 Å². The zero-order chi connectivity index (χ0) is 19.6. The second-order valence-corrected chi connectivity index (χ2v) is 7.32. The van der Waals surface area contributed by atoms with Crippen LogP contribution in [0, 0.1) is 0 Å². The molecule has 1 N–H and O–H groups in total. The Hall–Kier alpha value is -2.42. The van der Waals surface area contributed by atoms with E-state index in [1.807, 2.05) is 6.26 Å². The number of nitrogens with one attached hydrogen (secondary N) is 1. The first-order valence-electron chi connectivity index (χ1n) is 8.64. The van der Waals surface area contributed by atoms with Crippen molar-refractivity contribution in [2.24, 2.45) is 0 Å². The number of benzene rings is 1. The average molecular weight is 393 g/mol. The Morgan fingerprint density at radius 1 is 1.22 bits per heavy atom. The minimum absolute atomic E-state index is 0.0490. The van der Waals surface area contributed by atoms with Crippen molar-refractivity contribution in [3.63, 3.8) is 0 Å². The molecule has 2 saturated heterocycles. The molecule has 4 amide bonds. The molecule has 2 atom stereocenters. The van der Waals surface area contributed by atoms with Crippen LogP contribution in [0.1, 0.15) is 12.8 Å². The average Bonchev–Trinajstić information content (AvgIpc) is 2.91. The summed E-state index contributed by atoms with van der Waals surface area (Å²) < 4.78 is 10.5. The third kappa shape index (κ3) is 3.83. The van der Waals surface area contributed by atoms with Gasteiger partial charge in [-0.05, 0) is 19.1 Å². The maximum atomic E-state index is 13.0. The molecule has 0 saturated carbocycles. The van der Waals surface area contributed by atoms with Crippen LogP contribution in [-0.4, -0.2) is 67.6 Å². The van der Waals surface area contributed by atoms with Gasteiger partial charge in [0.25, 0.3) is 5.91 Å². The molecule has 146 valence electrons. The molecule has 0 bridgehead atoms. The number of hydrogen-bond donors (Lipinski definition) is 1. The molecule has 0 aromatic heterocycles. The summed E-state index contributed by atoms with van der Waals surface area (Å²) in [6, 6.07) is 3.92. The predicted molar refractivity (Wildman–Crippen MR) is 102 cm³/mol. The number of fused-ring (bicyclic) bond motifs is 1. The number of methoxy groups -OCH3 is 2. The lowest BCUT2D eigenvalue weighted by Gasteiger charge is -2.32. The summed E-state index contributed by atoms with van der Waals surface area (Å²) in [5.74, 6) is 1.04. The maximum absolute atomic E-state index is 13.0. The number of piperidine rings is 1. The zero-order valence-corrected chi connectivity index (χ0v) is 16.4. The highest BCUT2D eigenvalue weighted by molar-refractivity contribution is 7.99. The number of anilines is 1. The van der Waals surface area contributed by atoms with Gasteiger partial charge in [0, 0.05) is 30.8 Å². The number of urea groups is 1. The molecular formula is C18H23N3O5S. The highest BCUT2D eigenvalue weighted by atomic mass is 32.2. The first-order valence-corrected chi connectivity index (χ1v) is 10.0. The number of ether oxygens (including phenoxy) is 2. The zero-order valence-electron chi connectivity index (χ0n) is 15.6. The second-order valence-electron chi connectivity index (χ2n) is 6.46. The first-order chi connectivity index (χ1) is 13.0. The SMILES string of the molecule is COc1cc(OC)cc(N2C(=O)C3CC(NC(=O)CSC)CCN3C2=O)c1. The van der Waals surface area contributed by atoms with Crippen molar-refractivity contribution in [2.75, 3.05) is 37.7 Å². The van der Waals surface area contributed by atoms with E-state index in [1.54, 1.807) is 23.1 Å². The van der Waals surface area contributed by atoms with E-state index in [0.29, 0.717) is 42.3 Å². The Bertz CT molecular complexity index is 734. The number of rotatable bonds is 6. The van der Waals surface area contributed by atoms with Gasteiger partial charge in [-0.15, -0.1) is 0 Å². The topological polar surface area (TPSA) is 88.2 Å². The summed E-state index contributed by atoms with van der Waals surface area (Å²) in [6.07, 6.45) is 2.91. The summed E-state index contributed by atoms with van der Waals surface area (Å²) in [5, 5.41) is 2.95. The van der Waals surface area contributed by atoms with Crippen molar-refractivity contribution in [3.8, 4) is 11.5 Å². The van der Waals surface area contributed by atoms with E-state index in [0.717, 1.165) is 0 Å². The molecule has 2 heterocycles. The Labute approximate surface area is 162 Å². The fourth-order valence-electron chi connectivity index (χ4n) is 3.49. The molecule has 2 unspecified atom stereocenters. The van der Waals surface area contributed by atoms with Crippen LogP contribution in [0.2, 0.25) is 0 Å². The van der Waals surface area contributed by atoms with Crippen LogP contribution >= 0.6 is 11.8 Å². The van der Waals surface area contributed by atoms with Crippen LogP contribution in [0.25, 0.3) is 0 Å². The number of imide groups is 1. The van der Waals surface area contributed by atoms with Crippen molar-refractivity contribution in [1.29, 1.82) is 0 Å². The number of nitrogens with zero attached hydrogens (tertiary/aromatic N) is 2. The Kier molecular flexibility index (Phi) is 5.79. The smallest absolute Gasteiger partial charge is 0.332 e. The highest BCUT2D eigenvalue weighted by Crippen LogP contribution is 2.35. The van der Waals surface area contributed by atoms with Crippen molar-refractivity contribution in [3.05, 3.63) is 18.2 Å². The fraction of sp³-hybridized carbons (Fsp3) is 0.500. The predicted octanol–water partition coefficient (Wildman–Crippen LogP) is 1.48. The monoisotopic (exact) mass is 393 g/mol. The van der Waals surface area contributed by atoms with Crippen LogP contribution in [0.3, 0.4) is 0 Å². The number of amides is 4. The summed E-state index contributed by atoms with van der Waals surface area (Å²) in [5.41, 5.74) is 0.415. The third-order valence-corrected chi connectivity index (χ3v) is 5.33. The van der Waals surface area contributed by atoms with Crippen molar-refractivity contribution in [1.82, 2.24) is 10.2 Å². The Morgan fingerprint density at radius 2 is 1.89 bits per heavy atom. The number of carbonyl (C=O) groups is 3. The van der Waals surface area contributed by atoms with E-state index >= 15 is 0 Å². The summed E-state index contributed by atoms with van der Waals surface area (Å²) >= 11 is 1.45. The molecule has 2 fully saturated rings. The summed E-state index contributed by atoms with van der Waals surface area (Å²) in [6.45, 7) is 0.428. The van der Waals surface area contributed by atoms with Gasteiger partial charge >= 0.3 is 6.03 Å². The van der Waals surface area contributed by atoms with Crippen LogP contribution < -0.4 is 19.7 Å². The molecule has 2 aliphatic rings. The normalized spacial score (nSPS) is 21.9. The number of thioether (sulfide) groups is 1. The molecule has 0 spiro atoms. The van der Waals surface area contributed by atoms with Crippen molar-refractivity contribution >= 4 is 35.3 Å². The van der Waals surface area contributed by atoms with E-state index in [-0.39, 0.29) is 23.9 Å². The molecular weight excluding hydrogens is 370 g/mol. The molecule has 0 aliphatic carbocycles. The van der Waals surface area contributed by atoms with Crippen molar-refractivity contribution in [2.45, 2.75) is 24.9 Å². The molecule has 3 rings (SSSR count).